The monoisotopic (exact) mass is 208 g/mol. The van der Waals surface area contributed by atoms with Crippen molar-refractivity contribution in [2.45, 2.75) is 38.7 Å². The number of nitrogens with two attached hydrogens (primary N) is 1. The van der Waals surface area contributed by atoms with Gasteiger partial charge in [-0.05, 0) is 36.8 Å². The topological polar surface area (TPSA) is 62.0 Å². The molecule has 1 aromatic rings. The van der Waals surface area contributed by atoms with Crippen molar-refractivity contribution in [2.24, 2.45) is 11.1 Å². The van der Waals surface area contributed by atoms with E-state index >= 15 is 0 Å². The normalized spacial score (nSPS) is 28.8. The molecule has 15 heavy (non-hydrogen) atoms. The highest BCUT2D eigenvalue weighted by molar-refractivity contribution is 5.34. The Morgan fingerprint density at radius 1 is 1.47 bits per heavy atom. The first kappa shape index (κ1) is 10.7. The van der Waals surface area contributed by atoms with E-state index in [0.29, 0.717) is 13.0 Å². The molecule has 2 rings (SSSR count). The zero-order chi connectivity index (χ0) is 11.1. The van der Waals surface area contributed by atoms with Gasteiger partial charge in [-0.3, -0.25) is 0 Å². The molecule has 1 unspecified atom stereocenters. The minimum atomic E-state index is -0.769. The minimum absolute atomic E-state index is 0.0957. The summed E-state index contributed by atoms with van der Waals surface area (Å²) in [5, 5.41) is 10.8. The zero-order valence-electron chi connectivity index (χ0n) is 9.51. The highest BCUT2D eigenvalue weighted by atomic mass is 16.3. The van der Waals surface area contributed by atoms with Crippen LogP contribution in [0.5, 0.6) is 0 Å². The summed E-state index contributed by atoms with van der Waals surface area (Å²) in [5.41, 5.74) is 7.04. The predicted molar refractivity (Wildman–Crippen MR) is 60.5 cm³/mol. The molecule has 3 heteroatoms. The van der Waals surface area contributed by atoms with Gasteiger partial charge in [-0.25, -0.2) is 0 Å². The lowest BCUT2D eigenvalue weighted by Gasteiger charge is -2.46. The number of H-pyrrole nitrogens is 1. The highest BCUT2D eigenvalue weighted by Gasteiger charge is 2.48. The number of nitrogens with one attached hydrogen (secondary N) is 1. The SMILES string of the molecule is CC1(C)CCc2c[nH]cc2C1(O)CCN. The van der Waals surface area contributed by atoms with Crippen LogP contribution in [-0.2, 0) is 12.0 Å². The van der Waals surface area contributed by atoms with Gasteiger partial charge in [-0.15, -0.1) is 0 Å². The lowest BCUT2D eigenvalue weighted by atomic mass is 9.62. The van der Waals surface area contributed by atoms with E-state index in [0.717, 1.165) is 18.4 Å². The first-order valence-electron chi connectivity index (χ1n) is 5.60. The van der Waals surface area contributed by atoms with Crippen molar-refractivity contribution in [1.82, 2.24) is 4.98 Å². The second-order valence-corrected chi connectivity index (χ2v) is 5.18. The molecule has 1 heterocycles. The summed E-state index contributed by atoms with van der Waals surface area (Å²) in [6.07, 6.45) is 6.59. The second-order valence-electron chi connectivity index (χ2n) is 5.18. The third-order valence-electron chi connectivity index (χ3n) is 3.92. The zero-order valence-corrected chi connectivity index (χ0v) is 9.51. The van der Waals surface area contributed by atoms with Crippen LogP contribution in [0.1, 0.15) is 37.8 Å². The van der Waals surface area contributed by atoms with Gasteiger partial charge in [-0.1, -0.05) is 13.8 Å². The Balaban J connectivity index is 2.48. The molecule has 0 aliphatic heterocycles. The van der Waals surface area contributed by atoms with Gasteiger partial charge in [-0.2, -0.15) is 0 Å². The van der Waals surface area contributed by atoms with Crippen LogP contribution in [-0.4, -0.2) is 16.6 Å². The summed E-state index contributed by atoms with van der Waals surface area (Å²) in [6, 6.07) is 0. The van der Waals surface area contributed by atoms with Crippen molar-refractivity contribution in [3.63, 3.8) is 0 Å². The van der Waals surface area contributed by atoms with Gasteiger partial charge in [0.05, 0.1) is 5.60 Å². The van der Waals surface area contributed by atoms with Crippen molar-refractivity contribution in [2.75, 3.05) is 6.54 Å². The summed E-state index contributed by atoms with van der Waals surface area (Å²) in [4.78, 5) is 3.09. The first-order valence-corrected chi connectivity index (χ1v) is 5.60. The van der Waals surface area contributed by atoms with Crippen LogP contribution >= 0.6 is 0 Å². The number of hydrogen-bond acceptors (Lipinski definition) is 2. The maximum absolute atomic E-state index is 10.8. The fourth-order valence-electron chi connectivity index (χ4n) is 2.69. The summed E-state index contributed by atoms with van der Waals surface area (Å²) in [7, 11) is 0. The Morgan fingerprint density at radius 2 is 2.20 bits per heavy atom. The highest BCUT2D eigenvalue weighted by Crippen LogP contribution is 2.49. The number of aromatic amines is 1. The van der Waals surface area contributed by atoms with Crippen molar-refractivity contribution < 1.29 is 5.11 Å². The predicted octanol–water partition coefficient (Wildman–Crippen LogP) is 1.52. The Bertz CT molecular complexity index is 356. The molecule has 1 aromatic heterocycles. The van der Waals surface area contributed by atoms with Crippen molar-refractivity contribution in [1.29, 1.82) is 0 Å². The third-order valence-corrected chi connectivity index (χ3v) is 3.92. The van der Waals surface area contributed by atoms with Gasteiger partial charge < -0.3 is 15.8 Å². The lowest BCUT2D eigenvalue weighted by Crippen LogP contribution is -2.46. The molecule has 0 fully saturated rings. The molecule has 84 valence electrons. The maximum Gasteiger partial charge on any atom is 0.0976 e. The molecular formula is C12H20N2O. The summed E-state index contributed by atoms with van der Waals surface area (Å²) >= 11 is 0. The van der Waals surface area contributed by atoms with Gasteiger partial charge in [0.15, 0.2) is 0 Å². The van der Waals surface area contributed by atoms with Crippen LogP contribution in [0.25, 0.3) is 0 Å². The molecule has 0 saturated carbocycles. The Hall–Kier alpha value is -0.800. The van der Waals surface area contributed by atoms with Crippen molar-refractivity contribution >= 4 is 0 Å². The standard InChI is InChI=1S/C12H20N2O/c1-11(2)4-3-9-7-14-8-10(9)12(11,15)5-6-13/h7-8,14-15H,3-6,13H2,1-2H3. The van der Waals surface area contributed by atoms with Crippen LogP contribution in [0.4, 0.5) is 0 Å². The molecule has 0 aromatic carbocycles. The third kappa shape index (κ3) is 1.42. The average Bonchev–Trinajstić information content (AvgIpc) is 2.62. The van der Waals surface area contributed by atoms with Crippen LogP contribution in [0.2, 0.25) is 0 Å². The van der Waals surface area contributed by atoms with Crippen LogP contribution in [0.3, 0.4) is 0 Å². The van der Waals surface area contributed by atoms with E-state index in [1.807, 2.05) is 12.4 Å². The largest absolute Gasteiger partial charge is 0.384 e. The molecule has 0 saturated heterocycles. The summed E-state index contributed by atoms with van der Waals surface area (Å²) in [5.74, 6) is 0. The first-order chi connectivity index (χ1) is 7.01. The van der Waals surface area contributed by atoms with Crippen molar-refractivity contribution in [3.05, 3.63) is 23.5 Å². The maximum atomic E-state index is 10.8. The molecule has 0 spiro atoms. The van der Waals surface area contributed by atoms with E-state index in [2.05, 4.69) is 18.8 Å². The number of aromatic nitrogens is 1. The van der Waals surface area contributed by atoms with E-state index in [1.54, 1.807) is 0 Å². The number of hydrogen-bond donors (Lipinski definition) is 3. The second kappa shape index (κ2) is 3.35. The van der Waals surface area contributed by atoms with Gasteiger partial charge in [0.1, 0.15) is 0 Å². The van der Waals surface area contributed by atoms with E-state index in [1.165, 1.54) is 5.56 Å². The van der Waals surface area contributed by atoms with E-state index < -0.39 is 5.60 Å². The van der Waals surface area contributed by atoms with Gasteiger partial charge >= 0.3 is 0 Å². The molecule has 0 radical (unpaired) electrons. The van der Waals surface area contributed by atoms with E-state index in [-0.39, 0.29) is 5.41 Å². The Morgan fingerprint density at radius 3 is 2.87 bits per heavy atom. The molecule has 1 aliphatic carbocycles. The van der Waals surface area contributed by atoms with Crippen molar-refractivity contribution in [3.8, 4) is 0 Å². The number of aliphatic hydroxyl groups is 1. The molecule has 0 amide bonds. The smallest absolute Gasteiger partial charge is 0.0976 e. The van der Waals surface area contributed by atoms with Crippen LogP contribution in [0.15, 0.2) is 12.4 Å². The number of fused-ring (bicyclic) bond motifs is 1. The van der Waals surface area contributed by atoms with E-state index in [4.69, 9.17) is 5.73 Å². The number of rotatable bonds is 2. The average molecular weight is 208 g/mol. The van der Waals surface area contributed by atoms with E-state index in [9.17, 15) is 5.11 Å². The molecule has 0 bridgehead atoms. The van der Waals surface area contributed by atoms with Gasteiger partial charge in [0.25, 0.3) is 0 Å². The van der Waals surface area contributed by atoms with Gasteiger partial charge in [0, 0.05) is 18.0 Å². The van der Waals surface area contributed by atoms with Crippen LogP contribution < -0.4 is 5.73 Å². The molecule has 3 nitrogen and oxygen atoms in total. The van der Waals surface area contributed by atoms with Gasteiger partial charge in [0.2, 0.25) is 0 Å². The Labute approximate surface area is 90.7 Å². The molecule has 4 N–H and O–H groups in total. The Kier molecular flexibility index (Phi) is 2.40. The molecule has 1 atom stereocenters. The quantitative estimate of drug-likeness (QED) is 0.690. The fraction of sp³-hybridized carbons (Fsp3) is 0.667. The number of aryl methyl sites for hydroxylation is 1. The fourth-order valence-corrected chi connectivity index (χ4v) is 2.69. The molecular weight excluding hydrogens is 188 g/mol. The lowest BCUT2D eigenvalue weighted by molar-refractivity contribution is -0.0898. The minimum Gasteiger partial charge on any atom is -0.384 e. The summed E-state index contributed by atoms with van der Waals surface area (Å²) in [6.45, 7) is 4.77. The molecule has 1 aliphatic rings. The summed E-state index contributed by atoms with van der Waals surface area (Å²) < 4.78 is 0. The van der Waals surface area contributed by atoms with Crippen LogP contribution in [0, 0.1) is 5.41 Å².